The third kappa shape index (κ3) is 4.28. The zero-order valence-electron chi connectivity index (χ0n) is 13.2. The van der Waals surface area contributed by atoms with E-state index in [9.17, 15) is 4.79 Å². The summed E-state index contributed by atoms with van der Waals surface area (Å²) >= 11 is 0. The molecule has 0 unspecified atom stereocenters. The van der Waals surface area contributed by atoms with Crippen molar-refractivity contribution >= 4 is 11.7 Å². The number of carbonyl (C=O) groups is 1. The zero-order chi connectivity index (χ0) is 15.9. The molecule has 1 saturated heterocycles. The molecule has 1 aromatic carbocycles. The number of rotatable bonds is 4. The molecule has 0 spiro atoms. The number of hydrogen-bond acceptors (Lipinski definition) is 4. The van der Waals surface area contributed by atoms with Gasteiger partial charge in [0.25, 0.3) is 5.91 Å². The number of benzene rings is 1. The summed E-state index contributed by atoms with van der Waals surface area (Å²) in [5.74, 6) is 0.676. The third-order valence-corrected chi connectivity index (χ3v) is 4.08. The first-order valence-electron chi connectivity index (χ1n) is 8.22. The monoisotopic (exact) mass is 310 g/mol. The van der Waals surface area contributed by atoms with Crippen molar-refractivity contribution in [3.63, 3.8) is 0 Å². The molecule has 0 bridgehead atoms. The Morgan fingerprint density at radius 2 is 1.74 bits per heavy atom. The molecule has 0 radical (unpaired) electrons. The van der Waals surface area contributed by atoms with Gasteiger partial charge in [-0.1, -0.05) is 43.2 Å². The van der Waals surface area contributed by atoms with Crippen LogP contribution in [-0.4, -0.2) is 33.9 Å². The second-order valence-corrected chi connectivity index (χ2v) is 5.83. The summed E-state index contributed by atoms with van der Waals surface area (Å²) in [6.45, 7) is 2.35. The molecule has 0 atom stereocenters. The maximum Gasteiger partial charge on any atom is 0.274 e. The number of likely N-dealkylation sites (tertiary alicyclic amines) is 1. The standard InChI is InChI=1S/C18H22N4O/c23-18(22-10-6-1-2-7-11-22)16-13-21-17(14-19-16)20-12-15-8-4-3-5-9-15/h3-5,8-9,13-14H,1-2,6-7,10-12H2,(H,20,21). The summed E-state index contributed by atoms with van der Waals surface area (Å²) in [7, 11) is 0. The average Bonchev–Trinajstić information content (AvgIpc) is 2.90. The zero-order valence-corrected chi connectivity index (χ0v) is 13.2. The highest BCUT2D eigenvalue weighted by Crippen LogP contribution is 2.13. The average molecular weight is 310 g/mol. The lowest BCUT2D eigenvalue weighted by atomic mass is 10.2. The van der Waals surface area contributed by atoms with Crippen LogP contribution in [0.25, 0.3) is 0 Å². The second kappa shape index (κ2) is 7.72. The second-order valence-electron chi connectivity index (χ2n) is 5.83. The fourth-order valence-electron chi connectivity index (χ4n) is 2.75. The van der Waals surface area contributed by atoms with Gasteiger partial charge in [-0.25, -0.2) is 9.97 Å². The highest BCUT2D eigenvalue weighted by Gasteiger charge is 2.18. The van der Waals surface area contributed by atoms with Gasteiger partial charge in [-0.15, -0.1) is 0 Å². The van der Waals surface area contributed by atoms with Crippen LogP contribution in [0.2, 0.25) is 0 Å². The first-order chi connectivity index (χ1) is 11.3. The molecule has 1 aromatic heterocycles. The molecule has 1 amide bonds. The number of aromatic nitrogens is 2. The van der Waals surface area contributed by atoms with Crippen LogP contribution in [0.15, 0.2) is 42.7 Å². The highest BCUT2D eigenvalue weighted by molar-refractivity contribution is 5.92. The van der Waals surface area contributed by atoms with E-state index >= 15 is 0 Å². The summed E-state index contributed by atoms with van der Waals surface area (Å²) in [5, 5.41) is 3.22. The number of amides is 1. The molecule has 5 heteroatoms. The molecular formula is C18H22N4O. The van der Waals surface area contributed by atoms with Crippen molar-refractivity contribution in [1.82, 2.24) is 14.9 Å². The predicted molar refractivity (Wildman–Crippen MR) is 90.2 cm³/mol. The molecule has 2 heterocycles. The number of carbonyl (C=O) groups excluding carboxylic acids is 1. The van der Waals surface area contributed by atoms with Gasteiger partial charge in [0.1, 0.15) is 11.5 Å². The van der Waals surface area contributed by atoms with E-state index < -0.39 is 0 Å². The topological polar surface area (TPSA) is 58.1 Å². The van der Waals surface area contributed by atoms with Gasteiger partial charge >= 0.3 is 0 Å². The van der Waals surface area contributed by atoms with Crippen molar-refractivity contribution in [2.24, 2.45) is 0 Å². The van der Waals surface area contributed by atoms with Crippen LogP contribution in [0.3, 0.4) is 0 Å². The van der Waals surface area contributed by atoms with Gasteiger partial charge in [-0.2, -0.15) is 0 Å². The smallest absolute Gasteiger partial charge is 0.274 e. The number of hydrogen-bond donors (Lipinski definition) is 1. The Labute approximate surface area is 136 Å². The minimum atomic E-state index is -0.00555. The predicted octanol–water partition coefficient (Wildman–Crippen LogP) is 3.10. The van der Waals surface area contributed by atoms with Crippen molar-refractivity contribution in [1.29, 1.82) is 0 Å². The maximum atomic E-state index is 12.4. The van der Waals surface area contributed by atoms with Crippen LogP contribution in [0.1, 0.15) is 41.7 Å². The molecule has 23 heavy (non-hydrogen) atoms. The summed E-state index contributed by atoms with van der Waals surface area (Å²) in [4.78, 5) is 22.9. The van der Waals surface area contributed by atoms with E-state index in [1.54, 1.807) is 12.4 Å². The van der Waals surface area contributed by atoms with Crippen LogP contribution >= 0.6 is 0 Å². The van der Waals surface area contributed by atoms with Crippen LogP contribution in [0, 0.1) is 0 Å². The lowest BCUT2D eigenvalue weighted by molar-refractivity contribution is 0.0755. The molecule has 5 nitrogen and oxygen atoms in total. The van der Waals surface area contributed by atoms with Crippen molar-refractivity contribution in [3.05, 3.63) is 54.0 Å². The normalized spacial score (nSPS) is 15.0. The largest absolute Gasteiger partial charge is 0.365 e. The molecule has 1 fully saturated rings. The van der Waals surface area contributed by atoms with Crippen LogP contribution in [0.4, 0.5) is 5.82 Å². The molecule has 1 aliphatic heterocycles. The van der Waals surface area contributed by atoms with Gasteiger partial charge in [0.15, 0.2) is 0 Å². The van der Waals surface area contributed by atoms with Crippen molar-refractivity contribution in [2.45, 2.75) is 32.2 Å². The van der Waals surface area contributed by atoms with E-state index in [-0.39, 0.29) is 5.91 Å². The minimum Gasteiger partial charge on any atom is -0.365 e. The van der Waals surface area contributed by atoms with Crippen molar-refractivity contribution in [3.8, 4) is 0 Å². The van der Waals surface area contributed by atoms with E-state index in [4.69, 9.17) is 0 Å². The summed E-state index contributed by atoms with van der Waals surface area (Å²) in [5.41, 5.74) is 1.61. The van der Waals surface area contributed by atoms with E-state index in [0.29, 0.717) is 18.1 Å². The SMILES string of the molecule is O=C(c1cnc(NCc2ccccc2)cn1)N1CCCCCC1. The molecule has 1 aliphatic rings. The fourth-order valence-corrected chi connectivity index (χ4v) is 2.75. The van der Waals surface area contributed by atoms with Gasteiger partial charge in [0, 0.05) is 19.6 Å². The number of nitrogens with zero attached hydrogens (tertiary/aromatic N) is 3. The Balaban J connectivity index is 1.59. The summed E-state index contributed by atoms with van der Waals surface area (Å²) in [6.07, 6.45) is 7.77. The van der Waals surface area contributed by atoms with E-state index in [0.717, 1.165) is 25.9 Å². The molecule has 2 aromatic rings. The molecule has 120 valence electrons. The van der Waals surface area contributed by atoms with E-state index in [1.807, 2.05) is 23.1 Å². The number of nitrogens with one attached hydrogen (secondary N) is 1. The fraction of sp³-hybridized carbons (Fsp3) is 0.389. The molecule has 0 saturated carbocycles. The highest BCUT2D eigenvalue weighted by atomic mass is 16.2. The van der Waals surface area contributed by atoms with Crippen molar-refractivity contribution in [2.75, 3.05) is 18.4 Å². The molecule has 0 aliphatic carbocycles. The van der Waals surface area contributed by atoms with Gasteiger partial charge in [0.2, 0.25) is 0 Å². The first-order valence-corrected chi connectivity index (χ1v) is 8.22. The Hall–Kier alpha value is -2.43. The molecule has 3 rings (SSSR count). The third-order valence-electron chi connectivity index (χ3n) is 4.08. The lowest BCUT2D eigenvalue weighted by Crippen LogP contribution is -2.32. The Morgan fingerprint density at radius 1 is 1.00 bits per heavy atom. The van der Waals surface area contributed by atoms with Gasteiger partial charge < -0.3 is 10.2 Å². The van der Waals surface area contributed by atoms with Crippen LogP contribution in [-0.2, 0) is 6.54 Å². The maximum absolute atomic E-state index is 12.4. The quantitative estimate of drug-likeness (QED) is 0.942. The Morgan fingerprint density at radius 3 is 2.39 bits per heavy atom. The van der Waals surface area contributed by atoms with Gasteiger partial charge in [-0.3, -0.25) is 4.79 Å². The van der Waals surface area contributed by atoms with Gasteiger partial charge in [0.05, 0.1) is 12.4 Å². The Kier molecular flexibility index (Phi) is 5.19. The number of anilines is 1. The molecular weight excluding hydrogens is 288 g/mol. The summed E-state index contributed by atoms with van der Waals surface area (Å²) in [6, 6.07) is 10.1. The lowest BCUT2D eigenvalue weighted by Gasteiger charge is -2.19. The van der Waals surface area contributed by atoms with Gasteiger partial charge in [-0.05, 0) is 18.4 Å². The first kappa shape index (κ1) is 15.5. The van der Waals surface area contributed by atoms with E-state index in [2.05, 4.69) is 27.4 Å². The van der Waals surface area contributed by atoms with E-state index in [1.165, 1.54) is 18.4 Å². The van der Waals surface area contributed by atoms with Crippen LogP contribution < -0.4 is 5.32 Å². The summed E-state index contributed by atoms with van der Waals surface area (Å²) < 4.78 is 0. The molecule has 1 N–H and O–H groups in total. The van der Waals surface area contributed by atoms with Crippen molar-refractivity contribution < 1.29 is 4.79 Å². The minimum absolute atomic E-state index is 0.00555. The van der Waals surface area contributed by atoms with Crippen LogP contribution in [0.5, 0.6) is 0 Å². The Bertz CT molecular complexity index is 619.